The zero-order chi connectivity index (χ0) is 20.5. The highest BCUT2D eigenvalue weighted by Gasteiger charge is 2.06. The van der Waals surface area contributed by atoms with Crippen LogP contribution in [0.3, 0.4) is 0 Å². The lowest BCUT2D eigenvalue weighted by molar-refractivity contribution is -0.384. The van der Waals surface area contributed by atoms with E-state index in [1.54, 1.807) is 42.6 Å². The van der Waals surface area contributed by atoms with Crippen LogP contribution in [-0.4, -0.2) is 11.1 Å². The quantitative estimate of drug-likeness (QED) is 0.320. The minimum absolute atomic E-state index is 0.0371. The maximum atomic E-state index is 10.8. The van der Waals surface area contributed by atoms with Crippen molar-refractivity contribution in [1.82, 2.24) is 0 Å². The van der Waals surface area contributed by atoms with E-state index in [-0.39, 0.29) is 18.9 Å². The van der Waals surface area contributed by atoms with E-state index in [1.165, 1.54) is 12.1 Å². The van der Waals surface area contributed by atoms with Crippen molar-refractivity contribution in [3.63, 3.8) is 0 Å². The molecule has 3 aromatic rings. The monoisotopic (exact) mass is 387 g/mol. The number of hydrogen-bond acceptors (Lipinski definition) is 6. The van der Waals surface area contributed by atoms with E-state index in [1.807, 2.05) is 24.3 Å². The number of oxime groups is 1. The van der Waals surface area contributed by atoms with Crippen molar-refractivity contribution in [3.8, 4) is 11.8 Å². The van der Waals surface area contributed by atoms with Gasteiger partial charge in [-0.1, -0.05) is 35.5 Å². The lowest BCUT2D eigenvalue weighted by Gasteiger charge is -2.06. The van der Waals surface area contributed by atoms with Gasteiger partial charge < -0.3 is 9.57 Å². The number of hydrogen-bond donors (Lipinski definition) is 0. The first-order chi connectivity index (χ1) is 14.2. The summed E-state index contributed by atoms with van der Waals surface area (Å²) in [6, 6.07) is 22.8. The second-order valence-corrected chi connectivity index (χ2v) is 6.06. The van der Waals surface area contributed by atoms with E-state index in [2.05, 4.69) is 11.2 Å². The van der Waals surface area contributed by atoms with Gasteiger partial charge in [0.1, 0.15) is 19.0 Å². The van der Waals surface area contributed by atoms with Crippen LogP contribution in [0.25, 0.3) is 0 Å². The van der Waals surface area contributed by atoms with Crippen molar-refractivity contribution < 1.29 is 14.5 Å². The minimum Gasteiger partial charge on any atom is -0.489 e. The Morgan fingerprint density at radius 3 is 2.59 bits per heavy atom. The summed E-state index contributed by atoms with van der Waals surface area (Å²) in [4.78, 5) is 15.6. The Morgan fingerprint density at radius 2 is 1.83 bits per heavy atom. The first-order valence-electron chi connectivity index (χ1n) is 8.75. The molecule has 0 amide bonds. The molecule has 0 fully saturated rings. The lowest BCUT2D eigenvalue weighted by Crippen LogP contribution is -1.97. The number of rotatable bonds is 8. The first kappa shape index (κ1) is 19.6. The van der Waals surface area contributed by atoms with Gasteiger partial charge >= 0.3 is 0 Å². The van der Waals surface area contributed by atoms with Gasteiger partial charge in [0.05, 0.1) is 22.8 Å². The van der Waals surface area contributed by atoms with E-state index >= 15 is 0 Å². The highest BCUT2D eigenvalue weighted by Crippen LogP contribution is 2.17. The molecular weight excluding hydrogens is 370 g/mol. The predicted molar refractivity (Wildman–Crippen MR) is 107 cm³/mol. The Hall–Kier alpha value is -4.18. The molecule has 0 radical (unpaired) electrons. The minimum atomic E-state index is -0.432. The lowest BCUT2D eigenvalue weighted by atomic mass is 10.1. The van der Waals surface area contributed by atoms with Gasteiger partial charge in [-0.15, -0.1) is 0 Å². The van der Waals surface area contributed by atoms with Gasteiger partial charge in [-0.25, -0.2) is 0 Å². The fraction of sp³-hybridized carbons (Fsp3) is 0.0909. The largest absolute Gasteiger partial charge is 0.489 e. The predicted octanol–water partition coefficient (Wildman–Crippen LogP) is 4.60. The van der Waals surface area contributed by atoms with Crippen molar-refractivity contribution >= 4 is 11.9 Å². The van der Waals surface area contributed by atoms with Gasteiger partial charge in [-0.2, -0.15) is 5.26 Å². The van der Waals surface area contributed by atoms with Crippen molar-refractivity contribution in [2.45, 2.75) is 13.2 Å². The van der Waals surface area contributed by atoms with E-state index in [0.717, 1.165) is 16.7 Å². The third-order valence-corrected chi connectivity index (χ3v) is 4.04. The smallest absolute Gasteiger partial charge is 0.269 e. The molecule has 0 atom stereocenters. The van der Waals surface area contributed by atoms with Gasteiger partial charge in [0.15, 0.2) is 0 Å². The standard InChI is InChI=1S/C22H17N3O4/c23-13-19-5-1-2-6-20(19)16-29-24-14-17-8-10-22(11-9-17)28-15-18-4-3-7-21(12-18)25(26)27/h1-12,14H,15-16H2/b24-14-. The summed E-state index contributed by atoms with van der Waals surface area (Å²) in [6.07, 6.45) is 1.57. The molecule has 0 aliphatic heterocycles. The van der Waals surface area contributed by atoms with Crippen LogP contribution in [0.4, 0.5) is 5.69 Å². The fourth-order valence-corrected chi connectivity index (χ4v) is 2.54. The number of ether oxygens (including phenoxy) is 1. The van der Waals surface area contributed by atoms with Gasteiger partial charge in [0.25, 0.3) is 5.69 Å². The van der Waals surface area contributed by atoms with Crippen molar-refractivity contribution in [2.24, 2.45) is 5.16 Å². The molecule has 0 unspecified atom stereocenters. The van der Waals surface area contributed by atoms with E-state index < -0.39 is 4.92 Å². The summed E-state index contributed by atoms with van der Waals surface area (Å²) < 4.78 is 5.66. The van der Waals surface area contributed by atoms with Crippen molar-refractivity contribution in [1.29, 1.82) is 5.26 Å². The maximum Gasteiger partial charge on any atom is 0.269 e. The first-order valence-corrected chi connectivity index (χ1v) is 8.75. The molecule has 3 rings (SSSR count). The topological polar surface area (TPSA) is 97.8 Å². The Morgan fingerprint density at radius 1 is 1.03 bits per heavy atom. The van der Waals surface area contributed by atoms with Gasteiger partial charge in [0.2, 0.25) is 0 Å². The zero-order valence-electron chi connectivity index (χ0n) is 15.4. The molecule has 0 aliphatic rings. The normalized spacial score (nSPS) is 10.4. The average Bonchev–Trinajstić information content (AvgIpc) is 2.76. The van der Waals surface area contributed by atoms with Crippen LogP contribution in [-0.2, 0) is 18.1 Å². The number of nitrogens with zero attached hydrogens (tertiary/aromatic N) is 3. The molecule has 0 aromatic heterocycles. The van der Waals surface area contributed by atoms with Crippen LogP contribution in [0, 0.1) is 21.4 Å². The maximum absolute atomic E-state index is 10.8. The number of benzene rings is 3. The summed E-state index contributed by atoms with van der Waals surface area (Å²) in [6.45, 7) is 0.446. The summed E-state index contributed by atoms with van der Waals surface area (Å²) in [5, 5.41) is 23.8. The Balaban J connectivity index is 1.51. The molecule has 7 heteroatoms. The third-order valence-electron chi connectivity index (χ3n) is 4.04. The molecule has 3 aromatic carbocycles. The molecule has 0 saturated carbocycles. The summed E-state index contributed by atoms with van der Waals surface area (Å²) >= 11 is 0. The number of non-ortho nitro benzene ring substituents is 1. The van der Waals surface area contributed by atoms with E-state index in [9.17, 15) is 10.1 Å². The van der Waals surface area contributed by atoms with Gasteiger partial charge in [0, 0.05) is 17.7 Å². The number of nitro groups is 1. The average molecular weight is 387 g/mol. The molecule has 0 saturated heterocycles. The summed E-state index contributed by atoms with van der Waals surface area (Å²) in [5.41, 5.74) is 2.91. The van der Waals surface area contributed by atoms with Crippen LogP contribution in [0.5, 0.6) is 5.75 Å². The molecule has 144 valence electrons. The molecule has 7 nitrogen and oxygen atoms in total. The SMILES string of the molecule is N#Cc1ccccc1CO/N=C\c1ccc(OCc2cccc([N+](=O)[O-])c2)cc1. The molecule has 0 N–H and O–H groups in total. The second-order valence-electron chi connectivity index (χ2n) is 6.06. The molecule has 0 aliphatic carbocycles. The highest BCUT2D eigenvalue weighted by molar-refractivity contribution is 5.79. The molecule has 0 heterocycles. The van der Waals surface area contributed by atoms with Crippen LogP contribution < -0.4 is 4.74 Å². The zero-order valence-corrected chi connectivity index (χ0v) is 15.4. The molecule has 29 heavy (non-hydrogen) atoms. The molecule has 0 spiro atoms. The van der Waals surface area contributed by atoms with Crippen LogP contribution in [0.1, 0.15) is 22.3 Å². The Kier molecular flexibility index (Phi) is 6.53. The van der Waals surface area contributed by atoms with Gasteiger partial charge in [-0.3, -0.25) is 10.1 Å². The van der Waals surface area contributed by atoms with Crippen molar-refractivity contribution in [3.05, 3.63) is 105 Å². The van der Waals surface area contributed by atoms with E-state index in [4.69, 9.17) is 14.8 Å². The molecular formula is C22H17N3O4. The van der Waals surface area contributed by atoms with Gasteiger partial charge in [-0.05, 0) is 41.5 Å². The van der Waals surface area contributed by atoms with Crippen LogP contribution >= 0.6 is 0 Å². The highest BCUT2D eigenvalue weighted by atomic mass is 16.6. The van der Waals surface area contributed by atoms with Crippen LogP contribution in [0.2, 0.25) is 0 Å². The Labute approximate surface area is 167 Å². The van der Waals surface area contributed by atoms with E-state index in [0.29, 0.717) is 11.3 Å². The summed E-state index contributed by atoms with van der Waals surface area (Å²) in [5.74, 6) is 0.637. The summed E-state index contributed by atoms with van der Waals surface area (Å²) in [7, 11) is 0. The number of nitriles is 1. The fourth-order valence-electron chi connectivity index (χ4n) is 2.54. The number of nitro benzene ring substituents is 1. The van der Waals surface area contributed by atoms with Crippen molar-refractivity contribution in [2.75, 3.05) is 0 Å². The third kappa shape index (κ3) is 5.65. The molecule has 0 bridgehead atoms. The Bertz CT molecular complexity index is 1060. The van der Waals surface area contributed by atoms with Crippen LogP contribution in [0.15, 0.2) is 78.0 Å². The second kappa shape index (κ2) is 9.67.